The van der Waals surface area contributed by atoms with E-state index in [4.69, 9.17) is 4.98 Å². The molecule has 0 bridgehead atoms. The van der Waals surface area contributed by atoms with Crippen LogP contribution in [0.1, 0.15) is 24.8 Å². The van der Waals surface area contributed by atoms with Gasteiger partial charge in [0.15, 0.2) is 0 Å². The smallest absolute Gasteiger partial charge is 0.138 e. The number of hydrogen-bond donors (Lipinski definition) is 1. The maximum absolute atomic E-state index is 4.71. The highest BCUT2D eigenvalue weighted by molar-refractivity contribution is 6.07. The van der Waals surface area contributed by atoms with Gasteiger partial charge in [-0.1, -0.05) is 30.7 Å². The van der Waals surface area contributed by atoms with Crippen LogP contribution in [-0.4, -0.2) is 37.9 Å². The molecule has 32 heavy (non-hydrogen) atoms. The number of nitrogens with one attached hydrogen (secondary N) is 1. The lowest BCUT2D eigenvalue weighted by Crippen LogP contribution is -2.28. The number of nitrogens with zero attached hydrogens (tertiary/aromatic N) is 4. The van der Waals surface area contributed by atoms with Gasteiger partial charge in [-0.15, -0.1) is 0 Å². The summed E-state index contributed by atoms with van der Waals surface area (Å²) in [5, 5.41) is 2.24. The van der Waals surface area contributed by atoms with Gasteiger partial charge in [0.25, 0.3) is 0 Å². The van der Waals surface area contributed by atoms with Crippen LogP contribution < -0.4 is 0 Å². The van der Waals surface area contributed by atoms with Crippen LogP contribution in [0.4, 0.5) is 0 Å². The fraction of sp³-hybridized carbons (Fsp3) is 0.222. The van der Waals surface area contributed by atoms with E-state index in [1.807, 2.05) is 30.7 Å². The van der Waals surface area contributed by atoms with E-state index in [1.54, 1.807) is 6.20 Å². The number of benzene rings is 1. The van der Waals surface area contributed by atoms with Crippen LogP contribution in [-0.2, 0) is 6.54 Å². The first-order chi connectivity index (χ1) is 15.8. The zero-order chi connectivity index (χ0) is 21.3. The highest BCUT2D eigenvalue weighted by Crippen LogP contribution is 2.30. The summed E-state index contributed by atoms with van der Waals surface area (Å²) in [6, 6.07) is 17.3. The summed E-state index contributed by atoms with van der Waals surface area (Å²) in [5.74, 6) is 0. The number of likely N-dealkylation sites (tertiary alicyclic amines) is 1. The molecule has 1 aliphatic heterocycles. The number of piperidine rings is 1. The molecule has 6 rings (SSSR count). The minimum Gasteiger partial charge on any atom is -0.338 e. The van der Waals surface area contributed by atoms with Gasteiger partial charge in [0, 0.05) is 47.0 Å². The van der Waals surface area contributed by atoms with Crippen molar-refractivity contribution in [1.29, 1.82) is 0 Å². The van der Waals surface area contributed by atoms with Crippen molar-refractivity contribution in [3.05, 3.63) is 78.9 Å². The summed E-state index contributed by atoms with van der Waals surface area (Å²) in [6.45, 7) is 3.49. The lowest BCUT2D eigenvalue weighted by atomic mass is 10.0. The van der Waals surface area contributed by atoms with E-state index in [9.17, 15) is 0 Å². The largest absolute Gasteiger partial charge is 0.338 e. The number of H-pyrrole nitrogens is 1. The van der Waals surface area contributed by atoms with Crippen molar-refractivity contribution < 1.29 is 0 Å². The summed E-state index contributed by atoms with van der Waals surface area (Å²) in [7, 11) is 0. The van der Waals surface area contributed by atoms with E-state index in [0.29, 0.717) is 0 Å². The monoisotopic (exact) mass is 419 g/mol. The number of hydrogen-bond acceptors (Lipinski definition) is 4. The van der Waals surface area contributed by atoms with Gasteiger partial charge in [0.1, 0.15) is 5.65 Å². The first kappa shape index (κ1) is 19.1. The summed E-state index contributed by atoms with van der Waals surface area (Å²) in [5.41, 5.74) is 7.50. The second kappa shape index (κ2) is 8.17. The SMILES string of the molecule is c1cncc(-c2cc3c(cn2)[nH]c2ncc(-c4ccc(CN5CCCCC5)cc4)cc23)c1. The molecule has 0 unspecified atom stereocenters. The Morgan fingerprint density at radius 3 is 2.47 bits per heavy atom. The molecule has 1 saturated heterocycles. The van der Waals surface area contributed by atoms with Crippen LogP contribution in [0.25, 0.3) is 44.3 Å². The quantitative estimate of drug-likeness (QED) is 0.398. The van der Waals surface area contributed by atoms with E-state index >= 15 is 0 Å². The first-order valence-electron chi connectivity index (χ1n) is 11.3. The topological polar surface area (TPSA) is 57.7 Å². The van der Waals surface area contributed by atoms with Gasteiger partial charge < -0.3 is 4.98 Å². The molecule has 1 N–H and O–H groups in total. The van der Waals surface area contributed by atoms with Gasteiger partial charge in [0.2, 0.25) is 0 Å². The van der Waals surface area contributed by atoms with Gasteiger partial charge in [0.05, 0.1) is 17.4 Å². The van der Waals surface area contributed by atoms with E-state index in [0.717, 1.165) is 45.3 Å². The second-order valence-corrected chi connectivity index (χ2v) is 8.64. The normalized spacial score (nSPS) is 14.9. The Hall–Kier alpha value is -3.57. The van der Waals surface area contributed by atoms with Crippen LogP contribution in [0.15, 0.2) is 73.3 Å². The standard InChI is InChI=1S/C27H25N5/c1-2-11-32(12-3-1)18-19-6-8-20(9-7-19)22-13-24-23-14-25(21-5-4-10-28-15-21)29-17-26(23)31-27(24)30-16-22/h4-10,13-17H,1-3,11-12,18H2,(H,30,31). The number of pyridine rings is 3. The Balaban J connectivity index is 1.33. The van der Waals surface area contributed by atoms with Crippen molar-refractivity contribution in [1.82, 2.24) is 24.8 Å². The Morgan fingerprint density at radius 1 is 0.781 bits per heavy atom. The fourth-order valence-electron chi connectivity index (χ4n) is 4.68. The first-order valence-corrected chi connectivity index (χ1v) is 11.3. The number of aromatic nitrogens is 4. The molecule has 5 aromatic rings. The molecule has 1 fully saturated rings. The van der Waals surface area contributed by atoms with Crippen LogP contribution in [0, 0.1) is 0 Å². The zero-order valence-electron chi connectivity index (χ0n) is 18.0. The van der Waals surface area contributed by atoms with E-state index in [2.05, 4.69) is 56.3 Å². The van der Waals surface area contributed by atoms with Gasteiger partial charge in [-0.3, -0.25) is 14.9 Å². The summed E-state index contributed by atoms with van der Waals surface area (Å²) in [6.07, 6.45) is 11.5. The lowest BCUT2D eigenvalue weighted by Gasteiger charge is -2.26. The Morgan fingerprint density at radius 2 is 1.66 bits per heavy atom. The minimum absolute atomic E-state index is 0.885. The Labute approximate surface area is 187 Å². The molecule has 1 aliphatic rings. The van der Waals surface area contributed by atoms with Crippen molar-refractivity contribution >= 4 is 21.9 Å². The van der Waals surface area contributed by atoms with Crippen molar-refractivity contribution in [2.75, 3.05) is 13.1 Å². The molecule has 5 heteroatoms. The Bertz CT molecular complexity index is 1370. The average molecular weight is 420 g/mol. The predicted molar refractivity (Wildman–Crippen MR) is 129 cm³/mol. The minimum atomic E-state index is 0.885. The van der Waals surface area contributed by atoms with Gasteiger partial charge in [-0.05, 0) is 61.3 Å². The van der Waals surface area contributed by atoms with E-state index in [-0.39, 0.29) is 0 Å². The molecular weight excluding hydrogens is 394 g/mol. The van der Waals surface area contributed by atoms with Gasteiger partial charge in [-0.2, -0.15) is 0 Å². The third-order valence-corrected chi connectivity index (χ3v) is 6.43. The molecule has 0 saturated carbocycles. The number of fused-ring (bicyclic) bond motifs is 3. The molecule has 5 heterocycles. The van der Waals surface area contributed by atoms with Crippen LogP contribution in [0.3, 0.4) is 0 Å². The molecule has 0 aliphatic carbocycles. The molecule has 158 valence electrons. The molecule has 4 aromatic heterocycles. The zero-order valence-corrected chi connectivity index (χ0v) is 18.0. The number of aromatic amines is 1. The van der Waals surface area contributed by atoms with E-state index < -0.39 is 0 Å². The second-order valence-electron chi connectivity index (χ2n) is 8.64. The lowest BCUT2D eigenvalue weighted by molar-refractivity contribution is 0.221. The van der Waals surface area contributed by atoms with Crippen LogP contribution in [0.5, 0.6) is 0 Å². The fourth-order valence-corrected chi connectivity index (χ4v) is 4.68. The molecule has 1 aromatic carbocycles. The average Bonchev–Trinajstić information content (AvgIpc) is 3.23. The van der Waals surface area contributed by atoms with Gasteiger partial charge >= 0.3 is 0 Å². The highest BCUT2D eigenvalue weighted by Gasteiger charge is 2.12. The predicted octanol–water partition coefficient (Wildman–Crippen LogP) is 5.83. The third-order valence-electron chi connectivity index (χ3n) is 6.43. The molecule has 0 radical (unpaired) electrons. The third kappa shape index (κ3) is 3.65. The summed E-state index contributed by atoms with van der Waals surface area (Å²) in [4.78, 5) is 19.5. The highest BCUT2D eigenvalue weighted by atomic mass is 15.1. The molecule has 0 amide bonds. The number of rotatable bonds is 4. The van der Waals surface area contributed by atoms with Crippen LogP contribution in [0.2, 0.25) is 0 Å². The molecule has 0 atom stereocenters. The molecular formula is C27H25N5. The van der Waals surface area contributed by atoms with Gasteiger partial charge in [-0.25, -0.2) is 4.98 Å². The molecule has 5 nitrogen and oxygen atoms in total. The van der Waals surface area contributed by atoms with Crippen molar-refractivity contribution in [3.8, 4) is 22.4 Å². The molecule has 0 spiro atoms. The Kier molecular flexibility index (Phi) is 4.89. The van der Waals surface area contributed by atoms with Crippen molar-refractivity contribution in [2.45, 2.75) is 25.8 Å². The summed E-state index contributed by atoms with van der Waals surface area (Å²) >= 11 is 0. The van der Waals surface area contributed by atoms with Crippen molar-refractivity contribution in [2.24, 2.45) is 0 Å². The van der Waals surface area contributed by atoms with Crippen molar-refractivity contribution in [3.63, 3.8) is 0 Å². The van der Waals surface area contributed by atoms with Crippen LogP contribution >= 0.6 is 0 Å². The maximum atomic E-state index is 4.71. The summed E-state index contributed by atoms with van der Waals surface area (Å²) < 4.78 is 0. The van der Waals surface area contributed by atoms with E-state index in [1.165, 1.54) is 43.5 Å². The maximum Gasteiger partial charge on any atom is 0.138 e.